The molecule has 64 valence electrons. The van der Waals surface area contributed by atoms with Gasteiger partial charge in [-0.1, -0.05) is 13.8 Å². The molecular formula is C11H20. The molecule has 0 aromatic carbocycles. The Labute approximate surface area is 70.4 Å². The van der Waals surface area contributed by atoms with E-state index in [9.17, 15) is 0 Å². The van der Waals surface area contributed by atoms with Crippen molar-refractivity contribution in [1.82, 2.24) is 0 Å². The highest BCUT2D eigenvalue weighted by Gasteiger charge is 2.33. The summed E-state index contributed by atoms with van der Waals surface area (Å²) >= 11 is 0. The summed E-state index contributed by atoms with van der Waals surface area (Å²) in [5.41, 5.74) is 0. The number of hydrogen-bond donors (Lipinski definition) is 0. The summed E-state index contributed by atoms with van der Waals surface area (Å²) in [5.74, 6) is 4.24. The van der Waals surface area contributed by atoms with Crippen LogP contribution in [0.5, 0.6) is 0 Å². The third-order valence-electron chi connectivity index (χ3n) is 4.17. The van der Waals surface area contributed by atoms with Gasteiger partial charge in [0.05, 0.1) is 0 Å². The molecule has 0 spiro atoms. The minimum absolute atomic E-state index is 1.03. The zero-order valence-electron chi connectivity index (χ0n) is 7.84. The number of fused-ring (bicyclic) bond motifs is 4. The van der Waals surface area contributed by atoms with Gasteiger partial charge in [-0.15, -0.1) is 0 Å². The molecule has 0 heterocycles. The van der Waals surface area contributed by atoms with Crippen molar-refractivity contribution < 1.29 is 0 Å². The summed E-state index contributed by atoms with van der Waals surface area (Å²) < 4.78 is 0. The maximum absolute atomic E-state index is 2.47. The molecule has 2 bridgehead atoms. The fourth-order valence-electron chi connectivity index (χ4n) is 3.25. The first kappa shape index (κ1) is 7.64. The zero-order valence-corrected chi connectivity index (χ0v) is 7.84. The van der Waals surface area contributed by atoms with Crippen molar-refractivity contribution in [3.05, 3.63) is 0 Å². The van der Waals surface area contributed by atoms with Crippen molar-refractivity contribution in [2.24, 2.45) is 23.7 Å². The van der Waals surface area contributed by atoms with Crippen LogP contribution in [0, 0.1) is 23.7 Å². The Hall–Kier alpha value is 0. The Morgan fingerprint density at radius 3 is 1.45 bits per heavy atom. The minimum Gasteiger partial charge on any atom is -0.0622 e. The van der Waals surface area contributed by atoms with Crippen LogP contribution in [0.4, 0.5) is 0 Å². The van der Waals surface area contributed by atoms with Crippen LogP contribution >= 0.6 is 0 Å². The van der Waals surface area contributed by atoms with E-state index in [1.54, 1.807) is 0 Å². The second kappa shape index (κ2) is 2.80. The molecule has 2 atom stereocenters. The molecule has 11 heavy (non-hydrogen) atoms. The van der Waals surface area contributed by atoms with E-state index in [0.29, 0.717) is 0 Å². The lowest BCUT2D eigenvalue weighted by molar-refractivity contribution is 0.256. The van der Waals surface area contributed by atoms with E-state index in [1.807, 2.05) is 0 Å². The molecule has 2 unspecified atom stereocenters. The van der Waals surface area contributed by atoms with Gasteiger partial charge in [0, 0.05) is 0 Å². The van der Waals surface area contributed by atoms with Crippen LogP contribution in [0.3, 0.4) is 0 Å². The van der Waals surface area contributed by atoms with Gasteiger partial charge in [0.15, 0.2) is 0 Å². The highest BCUT2D eigenvalue weighted by atomic mass is 14.4. The second-order valence-electron chi connectivity index (χ2n) is 4.87. The van der Waals surface area contributed by atoms with Gasteiger partial charge in [0.1, 0.15) is 0 Å². The SMILES string of the molecule is CC1CC(C)C2CCC1CC2. The summed E-state index contributed by atoms with van der Waals surface area (Å²) in [7, 11) is 0. The Bertz CT molecular complexity index is 115. The second-order valence-corrected chi connectivity index (χ2v) is 4.87. The lowest BCUT2D eigenvalue weighted by Crippen LogP contribution is -2.14. The predicted octanol–water partition coefficient (Wildman–Crippen LogP) is 3.47. The Balaban J connectivity index is 2.12. The first-order chi connectivity index (χ1) is 5.27. The van der Waals surface area contributed by atoms with Crippen molar-refractivity contribution in [2.45, 2.75) is 46.0 Å². The average Bonchev–Trinajstić information content (AvgIpc) is 2.22. The first-order valence-corrected chi connectivity index (χ1v) is 5.27. The topological polar surface area (TPSA) is 0 Å². The molecule has 0 aromatic heterocycles. The van der Waals surface area contributed by atoms with E-state index in [-0.39, 0.29) is 0 Å². The summed E-state index contributed by atoms with van der Waals surface area (Å²) in [6.07, 6.45) is 7.66. The molecule has 3 aliphatic rings. The molecular weight excluding hydrogens is 132 g/mol. The molecule has 3 aliphatic carbocycles. The van der Waals surface area contributed by atoms with Gasteiger partial charge < -0.3 is 0 Å². The standard InChI is InChI=1S/C11H20/c1-8-7-9(2)11-5-3-10(8)4-6-11/h8-11H,3-7H2,1-2H3. The number of rotatable bonds is 0. The van der Waals surface area contributed by atoms with E-state index in [0.717, 1.165) is 23.7 Å². The van der Waals surface area contributed by atoms with E-state index >= 15 is 0 Å². The fraction of sp³-hybridized carbons (Fsp3) is 1.00. The molecule has 0 nitrogen and oxygen atoms in total. The molecule has 0 N–H and O–H groups in total. The predicted molar refractivity (Wildman–Crippen MR) is 48.4 cm³/mol. The molecule has 0 saturated heterocycles. The van der Waals surface area contributed by atoms with Gasteiger partial charge in [-0.25, -0.2) is 0 Å². The van der Waals surface area contributed by atoms with Crippen LogP contribution in [-0.2, 0) is 0 Å². The third-order valence-corrected chi connectivity index (χ3v) is 4.17. The number of hydrogen-bond acceptors (Lipinski definition) is 0. The molecule has 0 aliphatic heterocycles. The highest BCUT2D eigenvalue weighted by Crippen LogP contribution is 2.44. The van der Waals surface area contributed by atoms with Crippen molar-refractivity contribution >= 4 is 0 Å². The van der Waals surface area contributed by atoms with Crippen molar-refractivity contribution in [3.63, 3.8) is 0 Å². The average molecular weight is 152 g/mol. The maximum atomic E-state index is 2.47. The summed E-state index contributed by atoms with van der Waals surface area (Å²) in [6.45, 7) is 4.93. The van der Waals surface area contributed by atoms with E-state index in [1.165, 1.54) is 32.1 Å². The lowest BCUT2D eigenvalue weighted by Gasteiger charge is -2.26. The smallest absolute Gasteiger partial charge is 0.0388 e. The van der Waals surface area contributed by atoms with Crippen LogP contribution in [0.15, 0.2) is 0 Å². The van der Waals surface area contributed by atoms with E-state index < -0.39 is 0 Å². The summed E-state index contributed by atoms with van der Waals surface area (Å²) in [5, 5.41) is 0. The van der Waals surface area contributed by atoms with Gasteiger partial charge in [-0.2, -0.15) is 0 Å². The molecule has 3 saturated carbocycles. The molecule has 0 amide bonds. The summed E-state index contributed by atoms with van der Waals surface area (Å²) in [4.78, 5) is 0. The van der Waals surface area contributed by atoms with Crippen molar-refractivity contribution in [3.8, 4) is 0 Å². The summed E-state index contributed by atoms with van der Waals surface area (Å²) in [6, 6.07) is 0. The highest BCUT2D eigenvalue weighted by molar-refractivity contribution is 4.84. The van der Waals surface area contributed by atoms with Gasteiger partial charge in [0.25, 0.3) is 0 Å². The molecule has 0 aromatic rings. The quantitative estimate of drug-likeness (QED) is 0.498. The molecule has 0 radical (unpaired) electrons. The molecule has 3 rings (SSSR count). The normalized spacial score (nSPS) is 50.7. The third kappa shape index (κ3) is 1.32. The molecule has 3 fully saturated rings. The lowest BCUT2D eigenvalue weighted by atomic mass is 9.80. The Morgan fingerprint density at radius 1 is 0.727 bits per heavy atom. The van der Waals surface area contributed by atoms with E-state index in [4.69, 9.17) is 0 Å². The molecule has 0 heteroatoms. The Kier molecular flexibility index (Phi) is 1.95. The van der Waals surface area contributed by atoms with Crippen LogP contribution in [0.1, 0.15) is 46.0 Å². The van der Waals surface area contributed by atoms with Gasteiger partial charge >= 0.3 is 0 Å². The van der Waals surface area contributed by atoms with Gasteiger partial charge in [0.2, 0.25) is 0 Å². The van der Waals surface area contributed by atoms with Gasteiger partial charge in [-0.05, 0) is 55.8 Å². The Morgan fingerprint density at radius 2 is 1.09 bits per heavy atom. The van der Waals surface area contributed by atoms with Crippen molar-refractivity contribution in [1.29, 1.82) is 0 Å². The monoisotopic (exact) mass is 152 g/mol. The first-order valence-electron chi connectivity index (χ1n) is 5.27. The van der Waals surface area contributed by atoms with E-state index in [2.05, 4.69) is 13.8 Å². The van der Waals surface area contributed by atoms with Crippen LogP contribution < -0.4 is 0 Å². The van der Waals surface area contributed by atoms with Gasteiger partial charge in [-0.3, -0.25) is 0 Å². The zero-order chi connectivity index (χ0) is 7.84. The minimum atomic E-state index is 1.03. The van der Waals surface area contributed by atoms with Crippen LogP contribution in [0.2, 0.25) is 0 Å². The van der Waals surface area contributed by atoms with Crippen LogP contribution in [-0.4, -0.2) is 0 Å². The largest absolute Gasteiger partial charge is 0.0622 e. The maximum Gasteiger partial charge on any atom is -0.0388 e. The fourth-order valence-corrected chi connectivity index (χ4v) is 3.25. The van der Waals surface area contributed by atoms with Crippen molar-refractivity contribution in [2.75, 3.05) is 0 Å². The van der Waals surface area contributed by atoms with Crippen LogP contribution in [0.25, 0.3) is 0 Å².